The number of hydrogen-bond donors (Lipinski definition) is 2. The summed E-state index contributed by atoms with van der Waals surface area (Å²) in [6.45, 7) is 0. The number of nitrogens with one attached hydrogen (secondary N) is 2. The average Bonchev–Trinajstić information content (AvgIpc) is 2.21. The van der Waals surface area contributed by atoms with Crippen molar-refractivity contribution >= 4 is 49.5 Å². The SMILES string of the molecule is COC(=O)NS(=O)(=O)Nc1ccc(Cl)cc1Br. The molecule has 0 aliphatic carbocycles. The second-order valence-corrected chi connectivity index (χ2v) is 5.53. The lowest BCUT2D eigenvalue weighted by Gasteiger charge is -2.09. The van der Waals surface area contributed by atoms with E-state index in [0.29, 0.717) is 9.50 Å². The van der Waals surface area contributed by atoms with Gasteiger partial charge in [0.15, 0.2) is 0 Å². The van der Waals surface area contributed by atoms with Gasteiger partial charge in [-0.25, -0.2) is 9.52 Å². The van der Waals surface area contributed by atoms with Gasteiger partial charge in [0.05, 0.1) is 12.8 Å². The van der Waals surface area contributed by atoms with Gasteiger partial charge in [-0.05, 0) is 34.1 Å². The van der Waals surface area contributed by atoms with Crippen LogP contribution in [0.2, 0.25) is 5.02 Å². The van der Waals surface area contributed by atoms with E-state index in [1.165, 1.54) is 18.2 Å². The minimum Gasteiger partial charge on any atom is -0.452 e. The molecule has 2 N–H and O–H groups in total. The van der Waals surface area contributed by atoms with Crippen LogP contribution < -0.4 is 9.44 Å². The minimum atomic E-state index is -4.03. The summed E-state index contributed by atoms with van der Waals surface area (Å²) in [6.07, 6.45) is -1.08. The molecule has 0 saturated heterocycles. The summed E-state index contributed by atoms with van der Waals surface area (Å²) < 4.78 is 31.3. The van der Waals surface area contributed by atoms with E-state index >= 15 is 0 Å². The molecule has 9 heteroatoms. The third-order valence-corrected chi connectivity index (χ3v) is 3.39. The summed E-state index contributed by atoms with van der Waals surface area (Å²) in [5.41, 5.74) is 0.241. The van der Waals surface area contributed by atoms with Gasteiger partial charge in [-0.2, -0.15) is 8.42 Å². The van der Waals surface area contributed by atoms with Crippen molar-refractivity contribution in [2.75, 3.05) is 11.8 Å². The van der Waals surface area contributed by atoms with E-state index in [4.69, 9.17) is 11.6 Å². The molecule has 6 nitrogen and oxygen atoms in total. The lowest BCUT2D eigenvalue weighted by molar-refractivity contribution is 0.177. The summed E-state index contributed by atoms with van der Waals surface area (Å²) in [6, 6.07) is 4.46. The Hall–Kier alpha value is -0.990. The highest BCUT2D eigenvalue weighted by molar-refractivity contribution is 9.10. The van der Waals surface area contributed by atoms with Gasteiger partial charge in [0.1, 0.15) is 0 Å². The first-order chi connectivity index (χ1) is 7.84. The van der Waals surface area contributed by atoms with Crippen LogP contribution in [0.15, 0.2) is 22.7 Å². The van der Waals surface area contributed by atoms with Crippen molar-refractivity contribution in [2.45, 2.75) is 0 Å². The molecule has 1 aromatic carbocycles. The number of carbonyl (C=O) groups is 1. The molecule has 0 aliphatic rings. The van der Waals surface area contributed by atoms with Crippen molar-refractivity contribution in [3.05, 3.63) is 27.7 Å². The van der Waals surface area contributed by atoms with Crippen LogP contribution in [0.3, 0.4) is 0 Å². The molecule has 1 amide bonds. The molecule has 1 rings (SSSR count). The molecule has 0 aliphatic heterocycles. The van der Waals surface area contributed by atoms with Crippen LogP contribution in [0.5, 0.6) is 0 Å². The number of halogens is 2. The molecule has 0 aromatic heterocycles. The standard InChI is InChI=1S/C8H8BrClN2O4S/c1-16-8(13)12-17(14,15)11-7-3-2-5(10)4-6(7)9/h2-4,11H,1H3,(H,12,13). The van der Waals surface area contributed by atoms with Crippen molar-refractivity contribution in [1.82, 2.24) is 4.72 Å². The van der Waals surface area contributed by atoms with Crippen molar-refractivity contribution in [3.8, 4) is 0 Å². The number of carbonyl (C=O) groups excluding carboxylic acids is 1. The number of methoxy groups -OCH3 is 1. The average molecular weight is 344 g/mol. The van der Waals surface area contributed by atoms with Gasteiger partial charge in [0.25, 0.3) is 0 Å². The number of benzene rings is 1. The van der Waals surface area contributed by atoms with Crippen LogP contribution in [0.25, 0.3) is 0 Å². The van der Waals surface area contributed by atoms with Crippen LogP contribution in [-0.2, 0) is 14.9 Å². The fraction of sp³-hybridized carbons (Fsp3) is 0.125. The van der Waals surface area contributed by atoms with Gasteiger partial charge in [0, 0.05) is 9.50 Å². The molecule has 0 radical (unpaired) electrons. The third-order valence-electron chi connectivity index (χ3n) is 1.58. The zero-order valence-electron chi connectivity index (χ0n) is 8.53. The van der Waals surface area contributed by atoms with E-state index in [1.54, 1.807) is 4.72 Å². The molecule has 94 valence electrons. The maximum absolute atomic E-state index is 11.4. The zero-order valence-corrected chi connectivity index (χ0v) is 11.7. The Morgan fingerprint density at radius 2 is 2.12 bits per heavy atom. The number of ether oxygens (including phenoxy) is 1. The van der Waals surface area contributed by atoms with Crippen LogP contribution in [0.4, 0.5) is 10.5 Å². The Labute approximate surface area is 112 Å². The maximum atomic E-state index is 11.4. The van der Waals surface area contributed by atoms with Gasteiger partial charge in [0.2, 0.25) is 0 Å². The molecule has 0 bridgehead atoms. The highest BCUT2D eigenvalue weighted by atomic mass is 79.9. The Morgan fingerprint density at radius 3 is 2.65 bits per heavy atom. The first-order valence-corrected chi connectivity index (χ1v) is 6.83. The second kappa shape index (κ2) is 5.56. The van der Waals surface area contributed by atoms with Crippen LogP contribution in [0, 0.1) is 0 Å². The van der Waals surface area contributed by atoms with Crippen LogP contribution in [0.1, 0.15) is 0 Å². The first kappa shape index (κ1) is 14.1. The van der Waals surface area contributed by atoms with Crippen molar-refractivity contribution in [3.63, 3.8) is 0 Å². The highest BCUT2D eigenvalue weighted by Crippen LogP contribution is 2.26. The van der Waals surface area contributed by atoms with Gasteiger partial charge in [-0.3, -0.25) is 4.72 Å². The molecular formula is C8H8BrClN2O4S. The fourth-order valence-corrected chi connectivity index (χ4v) is 2.63. The first-order valence-electron chi connectivity index (χ1n) is 4.17. The van der Waals surface area contributed by atoms with Crippen molar-refractivity contribution in [1.29, 1.82) is 0 Å². The third kappa shape index (κ3) is 4.41. The predicted molar refractivity (Wildman–Crippen MR) is 67.2 cm³/mol. The van der Waals surface area contributed by atoms with Gasteiger partial charge < -0.3 is 4.74 Å². The van der Waals surface area contributed by atoms with Crippen molar-refractivity contribution in [2.24, 2.45) is 0 Å². The lowest BCUT2D eigenvalue weighted by atomic mass is 10.3. The Balaban J connectivity index is 2.87. The summed E-state index contributed by atoms with van der Waals surface area (Å²) in [5.74, 6) is 0. The lowest BCUT2D eigenvalue weighted by Crippen LogP contribution is -2.35. The number of anilines is 1. The van der Waals surface area contributed by atoms with E-state index in [0.717, 1.165) is 7.11 Å². The molecule has 0 atom stereocenters. The summed E-state index contributed by atoms with van der Waals surface area (Å²) >= 11 is 8.83. The van der Waals surface area contributed by atoms with Crippen LogP contribution in [-0.4, -0.2) is 21.6 Å². The molecule has 0 heterocycles. The van der Waals surface area contributed by atoms with Gasteiger partial charge in [-0.1, -0.05) is 11.6 Å². The van der Waals surface area contributed by atoms with E-state index in [1.807, 2.05) is 0 Å². The van der Waals surface area contributed by atoms with Crippen LogP contribution >= 0.6 is 27.5 Å². The molecular weight excluding hydrogens is 336 g/mol. The smallest absolute Gasteiger partial charge is 0.422 e. The molecule has 0 saturated carbocycles. The Morgan fingerprint density at radius 1 is 1.47 bits per heavy atom. The molecule has 0 spiro atoms. The molecule has 17 heavy (non-hydrogen) atoms. The highest BCUT2D eigenvalue weighted by Gasteiger charge is 2.15. The number of rotatable bonds is 3. The number of hydrogen-bond acceptors (Lipinski definition) is 4. The quantitative estimate of drug-likeness (QED) is 0.880. The summed E-state index contributed by atoms with van der Waals surface area (Å²) in [7, 11) is -2.97. The summed E-state index contributed by atoms with van der Waals surface area (Å²) in [5, 5.41) is 0.445. The topological polar surface area (TPSA) is 84.5 Å². The zero-order chi connectivity index (χ0) is 13.1. The minimum absolute atomic E-state index is 0.241. The van der Waals surface area contributed by atoms with E-state index in [2.05, 4.69) is 25.4 Å². The summed E-state index contributed by atoms with van der Waals surface area (Å²) in [4.78, 5) is 10.8. The second-order valence-electron chi connectivity index (χ2n) is 2.82. The van der Waals surface area contributed by atoms with Gasteiger partial charge >= 0.3 is 16.3 Å². The fourth-order valence-electron chi connectivity index (χ4n) is 0.894. The monoisotopic (exact) mass is 342 g/mol. The Bertz CT molecular complexity index is 534. The normalized spacial score (nSPS) is 10.8. The maximum Gasteiger partial charge on any atom is 0.422 e. The van der Waals surface area contributed by atoms with Crippen molar-refractivity contribution < 1.29 is 17.9 Å². The molecule has 1 aromatic rings. The molecule has 0 unspecified atom stereocenters. The van der Waals surface area contributed by atoms with Gasteiger partial charge in [-0.15, -0.1) is 0 Å². The van der Waals surface area contributed by atoms with E-state index < -0.39 is 16.3 Å². The predicted octanol–water partition coefficient (Wildman–Crippen LogP) is 2.12. The number of amides is 1. The van der Waals surface area contributed by atoms with E-state index in [9.17, 15) is 13.2 Å². The Kier molecular flexibility index (Phi) is 4.61. The molecule has 0 fully saturated rings. The largest absolute Gasteiger partial charge is 0.452 e. The van der Waals surface area contributed by atoms with E-state index in [-0.39, 0.29) is 5.69 Å².